The van der Waals surface area contributed by atoms with E-state index in [0.29, 0.717) is 17.8 Å². The van der Waals surface area contributed by atoms with Crippen molar-refractivity contribution in [2.75, 3.05) is 6.61 Å². The molecule has 0 bridgehead atoms. The third-order valence-electron chi connectivity index (χ3n) is 4.70. The molecule has 0 fully saturated rings. The highest BCUT2D eigenvalue weighted by Gasteiger charge is 2.15. The first-order valence-corrected chi connectivity index (χ1v) is 10.1. The third-order valence-corrected chi connectivity index (χ3v) is 5.42. The minimum Gasteiger partial charge on any atom is -0.494 e. The first kappa shape index (κ1) is 19.4. The fraction of sp³-hybridized carbons (Fsp3) is 0.182. The predicted octanol–water partition coefficient (Wildman–Crippen LogP) is 4.06. The Kier molecular flexibility index (Phi) is 5.51. The van der Waals surface area contributed by atoms with Crippen LogP contribution in [0.5, 0.6) is 5.75 Å². The van der Waals surface area contributed by atoms with Crippen molar-refractivity contribution >= 4 is 21.4 Å². The van der Waals surface area contributed by atoms with Gasteiger partial charge in [0, 0.05) is 22.4 Å². The molecule has 1 unspecified atom stereocenters. The van der Waals surface area contributed by atoms with Crippen LogP contribution in [-0.4, -0.2) is 25.9 Å². The van der Waals surface area contributed by atoms with E-state index >= 15 is 0 Å². The van der Waals surface area contributed by atoms with Gasteiger partial charge in [-0.25, -0.2) is 4.52 Å². The average Bonchev–Trinajstić information content (AvgIpc) is 3.16. The van der Waals surface area contributed by atoms with Crippen LogP contribution in [0.4, 0.5) is 0 Å². The lowest BCUT2D eigenvalue weighted by Gasteiger charge is -2.14. The van der Waals surface area contributed by atoms with Crippen LogP contribution in [0.3, 0.4) is 0 Å². The Hall–Kier alpha value is -2.90. The molecule has 0 aliphatic heterocycles. The zero-order chi connectivity index (χ0) is 20.4. The summed E-state index contributed by atoms with van der Waals surface area (Å²) in [5.41, 5.74) is 2.59. The largest absolute Gasteiger partial charge is 0.494 e. The molecule has 0 amide bonds. The number of halogens is 1. The third kappa shape index (κ3) is 3.97. The molecule has 2 aromatic carbocycles. The second-order valence-corrected chi connectivity index (χ2v) is 7.46. The maximum atomic E-state index is 12.9. The number of ether oxygens (including phenoxy) is 1. The van der Waals surface area contributed by atoms with E-state index in [1.54, 1.807) is 23.0 Å². The highest BCUT2D eigenvalue weighted by Crippen LogP contribution is 2.24. The predicted molar refractivity (Wildman–Crippen MR) is 115 cm³/mol. The first-order valence-electron chi connectivity index (χ1n) is 9.31. The molecule has 2 aromatic heterocycles. The average molecular weight is 454 g/mol. The van der Waals surface area contributed by atoms with Crippen LogP contribution in [0.25, 0.3) is 16.8 Å². The van der Waals surface area contributed by atoms with Gasteiger partial charge in [-0.2, -0.15) is 5.10 Å². The summed E-state index contributed by atoms with van der Waals surface area (Å²) in [6.45, 7) is 2.70. The van der Waals surface area contributed by atoms with Gasteiger partial charge in [0.2, 0.25) is 0 Å². The van der Waals surface area contributed by atoms with Crippen LogP contribution in [0.2, 0.25) is 0 Å². The van der Waals surface area contributed by atoms with Crippen molar-refractivity contribution in [2.45, 2.75) is 19.6 Å². The van der Waals surface area contributed by atoms with Crippen LogP contribution >= 0.6 is 15.9 Å². The zero-order valence-corrected chi connectivity index (χ0v) is 17.4. The molecule has 0 radical (unpaired) electrons. The SMILES string of the molecule is CCOc1ccc(-c2cc3c(=O)n(CC(O)c4ccccc4Br)ccn3n2)cc1. The van der Waals surface area contributed by atoms with Gasteiger partial charge in [0.1, 0.15) is 11.3 Å². The quantitative estimate of drug-likeness (QED) is 0.477. The smallest absolute Gasteiger partial charge is 0.276 e. The number of aliphatic hydroxyl groups excluding tert-OH is 1. The number of aromatic nitrogens is 3. The zero-order valence-electron chi connectivity index (χ0n) is 15.8. The number of aliphatic hydroxyl groups is 1. The van der Waals surface area contributed by atoms with Gasteiger partial charge in [0.05, 0.1) is 24.9 Å². The molecule has 2 heterocycles. The minimum absolute atomic E-state index is 0.154. The van der Waals surface area contributed by atoms with Crippen LogP contribution in [0.1, 0.15) is 18.6 Å². The van der Waals surface area contributed by atoms with Crippen molar-refractivity contribution in [3.05, 3.63) is 87.4 Å². The fourth-order valence-corrected chi connectivity index (χ4v) is 3.78. The Balaban J connectivity index is 1.64. The Labute approximate surface area is 176 Å². The Morgan fingerprint density at radius 3 is 2.62 bits per heavy atom. The Morgan fingerprint density at radius 1 is 1.14 bits per heavy atom. The molecule has 7 heteroatoms. The molecule has 1 N–H and O–H groups in total. The molecular formula is C22H20BrN3O3. The first-order chi connectivity index (χ1) is 14.1. The second kappa shape index (κ2) is 8.23. The van der Waals surface area contributed by atoms with Gasteiger partial charge in [-0.3, -0.25) is 4.79 Å². The summed E-state index contributed by atoms with van der Waals surface area (Å²) in [6.07, 6.45) is 2.56. The van der Waals surface area contributed by atoms with Crippen molar-refractivity contribution < 1.29 is 9.84 Å². The molecule has 4 rings (SSSR count). The van der Waals surface area contributed by atoms with Gasteiger partial charge in [-0.15, -0.1) is 0 Å². The summed E-state index contributed by atoms with van der Waals surface area (Å²) < 4.78 is 9.34. The maximum Gasteiger partial charge on any atom is 0.276 e. The topological polar surface area (TPSA) is 68.8 Å². The molecular weight excluding hydrogens is 434 g/mol. The molecule has 0 saturated carbocycles. The molecule has 148 valence electrons. The van der Waals surface area contributed by atoms with Crippen molar-refractivity contribution in [2.24, 2.45) is 0 Å². The Morgan fingerprint density at radius 2 is 1.90 bits per heavy atom. The summed E-state index contributed by atoms with van der Waals surface area (Å²) >= 11 is 3.44. The Bertz CT molecular complexity index is 1200. The second-order valence-electron chi connectivity index (χ2n) is 6.61. The van der Waals surface area contributed by atoms with E-state index in [1.165, 1.54) is 4.57 Å². The van der Waals surface area contributed by atoms with Crippen molar-refractivity contribution in [1.82, 2.24) is 14.2 Å². The summed E-state index contributed by atoms with van der Waals surface area (Å²) in [4.78, 5) is 12.9. The van der Waals surface area contributed by atoms with Crippen LogP contribution < -0.4 is 10.3 Å². The van der Waals surface area contributed by atoms with E-state index in [2.05, 4.69) is 21.0 Å². The fourth-order valence-electron chi connectivity index (χ4n) is 3.23. The molecule has 0 aliphatic rings. The molecule has 6 nitrogen and oxygen atoms in total. The molecule has 1 atom stereocenters. The molecule has 4 aromatic rings. The van der Waals surface area contributed by atoms with Crippen LogP contribution in [-0.2, 0) is 6.54 Å². The number of benzene rings is 2. The van der Waals surface area contributed by atoms with E-state index in [9.17, 15) is 9.90 Å². The van der Waals surface area contributed by atoms with E-state index < -0.39 is 6.10 Å². The number of nitrogens with zero attached hydrogens (tertiary/aromatic N) is 3. The highest BCUT2D eigenvalue weighted by atomic mass is 79.9. The summed E-state index contributed by atoms with van der Waals surface area (Å²) in [6, 6.07) is 16.8. The van der Waals surface area contributed by atoms with Crippen molar-refractivity contribution in [3.8, 4) is 17.0 Å². The number of fused-ring (bicyclic) bond motifs is 1. The van der Waals surface area contributed by atoms with Crippen LogP contribution in [0.15, 0.2) is 76.3 Å². The van der Waals surface area contributed by atoms with Gasteiger partial charge in [-0.05, 0) is 48.9 Å². The van der Waals surface area contributed by atoms with Gasteiger partial charge >= 0.3 is 0 Å². The van der Waals surface area contributed by atoms with Crippen molar-refractivity contribution in [1.29, 1.82) is 0 Å². The van der Waals surface area contributed by atoms with Crippen LogP contribution in [0, 0.1) is 0 Å². The van der Waals surface area contributed by atoms with E-state index in [4.69, 9.17) is 4.74 Å². The lowest BCUT2D eigenvalue weighted by atomic mass is 10.1. The maximum absolute atomic E-state index is 12.9. The standard InChI is InChI=1S/C22H20BrN3O3/c1-2-29-16-9-7-15(8-10-16)19-13-20-22(28)25(11-12-26(20)24-19)14-21(27)17-5-3-4-6-18(17)23/h3-13,21,27H,2,14H2,1H3. The lowest BCUT2D eigenvalue weighted by Crippen LogP contribution is -2.24. The van der Waals surface area contributed by atoms with Gasteiger partial charge < -0.3 is 14.4 Å². The summed E-state index contributed by atoms with van der Waals surface area (Å²) in [5, 5.41) is 15.1. The summed E-state index contributed by atoms with van der Waals surface area (Å²) in [7, 11) is 0. The molecule has 29 heavy (non-hydrogen) atoms. The normalized spacial score (nSPS) is 12.2. The molecule has 0 spiro atoms. The van der Waals surface area contributed by atoms with Crippen molar-refractivity contribution in [3.63, 3.8) is 0 Å². The monoisotopic (exact) mass is 453 g/mol. The number of hydrogen-bond acceptors (Lipinski definition) is 4. The van der Waals surface area contributed by atoms with E-state index in [-0.39, 0.29) is 12.1 Å². The molecule has 0 aliphatic carbocycles. The molecule has 0 saturated heterocycles. The van der Waals surface area contributed by atoms with Gasteiger partial charge in [0.25, 0.3) is 5.56 Å². The number of rotatable bonds is 6. The lowest BCUT2D eigenvalue weighted by molar-refractivity contribution is 0.154. The highest BCUT2D eigenvalue weighted by molar-refractivity contribution is 9.10. The number of hydrogen-bond donors (Lipinski definition) is 1. The van der Waals surface area contributed by atoms with Gasteiger partial charge in [0.15, 0.2) is 0 Å². The summed E-state index contributed by atoms with van der Waals surface area (Å²) in [5.74, 6) is 0.795. The van der Waals surface area contributed by atoms with E-state index in [0.717, 1.165) is 21.3 Å². The minimum atomic E-state index is -0.806. The van der Waals surface area contributed by atoms with Gasteiger partial charge in [-0.1, -0.05) is 34.1 Å². The van der Waals surface area contributed by atoms with E-state index in [1.807, 2.05) is 55.5 Å².